The average molecular weight is 349 g/mol. The van der Waals surface area contributed by atoms with E-state index in [0.717, 1.165) is 35.6 Å². The summed E-state index contributed by atoms with van der Waals surface area (Å²) in [5, 5.41) is 0. The zero-order chi connectivity index (χ0) is 18.1. The molecule has 1 fully saturated rings. The molecular weight excluding hydrogens is 326 g/mol. The number of morpholine rings is 1. The van der Waals surface area contributed by atoms with Gasteiger partial charge in [-0.25, -0.2) is 4.99 Å². The Morgan fingerprint density at radius 3 is 2.62 bits per heavy atom. The highest BCUT2D eigenvalue weighted by Gasteiger charge is 2.34. The van der Waals surface area contributed by atoms with Gasteiger partial charge in [-0.15, -0.1) is 0 Å². The molecule has 2 aliphatic heterocycles. The number of anilines is 1. The van der Waals surface area contributed by atoms with Crippen LogP contribution in [0.25, 0.3) is 0 Å². The Bertz CT molecular complexity index is 869. The van der Waals surface area contributed by atoms with E-state index < -0.39 is 0 Å². The monoisotopic (exact) mass is 349 g/mol. The summed E-state index contributed by atoms with van der Waals surface area (Å²) >= 11 is 0. The maximum atomic E-state index is 13.2. The maximum Gasteiger partial charge on any atom is 0.278 e. The average Bonchev–Trinajstić information content (AvgIpc) is 2.91. The number of hydrogen-bond donors (Lipinski definition) is 0. The third-order valence-electron chi connectivity index (χ3n) is 4.93. The summed E-state index contributed by atoms with van der Waals surface area (Å²) in [5.41, 5.74) is 5.49. The molecule has 4 rings (SSSR count). The van der Waals surface area contributed by atoms with Crippen LogP contribution in [0.2, 0.25) is 0 Å². The van der Waals surface area contributed by atoms with Crippen molar-refractivity contribution in [3.8, 4) is 0 Å². The minimum atomic E-state index is -0.0299. The fourth-order valence-electron chi connectivity index (χ4n) is 3.50. The van der Waals surface area contributed by atoms with E-state index in [9.17, 15) is 4.79 Å². The third-order valence-corrected chi connectivity index (χ3v) is 4.93. The lowest BCUT2D eigenvalue weighted by molar-refractivity contribution is -0.112. The molecule has 5 nitrogen and oxygen atoms in total. The van der Waals surface area contributed by atoms with Crippen molar-refractivity contribution in [3.05, 3.63) is 59.2 Å². The van der Waals surface area contributed by atoms with Crippen LogP contribution in [0, 0.1) is 13.8 Å². The fourth-order valence-corrected chi connectivity index (χ4v) is 3.50. The van der Waals surface area contributed by atoms with Gasteiger partial charge in [-0.1, -0.05) is 35.9 Å². The van der Waals surface area contributed by atoms with Crippen molar-refractivity contribution in [2.24, 2.45) is 4.99 Å². The van der Waals surface area contributed by atoms with E-state index >= 15 is 0 Å². The molecule has 2 aromatic carbocycles. The van der Waals surface area contributed by atoms with Crippen molar-refractivity contribution >= 4 is 23.0 Å². The Labute approximate surface area is 153 Å². The summed E-state index contributed by atoms with van der Waals surface area (Å²) in [4.78, 5) is 22.0. The molecule has 0 spiro atoms. The summed E-state index contributed by atoms with van der Waals surface area (Å²) in [7, 11) is 0. The van der Waals surface area contributed by atoms with Crippen molar-refractivity contribution in [1.82, 2.24) is 4.90 Å². The van der Waals surface area contributed by atoms with Gasteiger partial charge < -0.3 is 4.74 Å². The zero-order valence-corrected chi connectivity index (χ0v) is 15.2. The predicted octanol–water partition coefficient (Wildman–Crippen LogP) is 3.06. The van der Waals surface area contributed by atoms with Gasteiger partial charge in [0.1, 0.15) is 5.71 Å². The number of aliphatic imine (C=N–C) groups is 1. The van der Waals surface area contributed by atoms with Crippen LogP contribution < -0.4 is 4.90 Å². The molecule has 26 heavy (non-hydrogen) atoms. The number of rotatable bonds is 3. The van der Waals surface area contributed by atoms with Crippen molar-refractivity contribution in [2.75, 3.05) is 37.9 Å². The van der Waals surface area contributed by atoms with Gasteiger partial charge in [0.15, 0.2) is 0 Å². The van der Waals surface area contributed by atoms with Gasteiger partial charge in [0.25, 0.3) is 5.91 Å². The van der Waals surface area contributed by atoms with Crippen molar-refractivity contribution in [3.63, 3.8) is 0 Å². The molecule has 5 heteroatoms. The SMILES string of the molecule is Cc1ccc(N=C2C(=O)N(CN3CCOCC3)c3ccccc32)c(C)c1. The second-order valence-electron chi connectivity index (χ2n) is 6.87. The Morgan fingerprint density at radius 1 is 1.08 bits per heavy atom. The lowest BCUT2D eigenvalue weighted by Crippen LogP contribution is -2.45. The number of nitrogens with zero attached hydrogens (tertiary/aromatic N) is 3. The van der Waals surface area contributed by atoms with Crippen LogP contribution in [-0.4, -0.2) is 49.5 Å². The lowest BCUT2D eigenvalue weighted by atomic mass is 10.1. The third kappa shape index (κ3) is 3.16. The van der Waals surface area contributed by atoms with Gasteiger partial charge >= 0.3 is 0 Å². The van der Waals surface area contributed by atoms with E-state index in [1.54, 1.807) is 0 Å². The van der Waals surface area contributed by atoms with Gasteiger partial charge in [0, 0.05) is 18.7 Å². The molecule has 0 N–H and O–H groups in total. The van der Waals surface area contributed by atoms with Gasteiger partial charge in [-0.3, -0.25) is 14.6 Å². The van der Waals surface area contributed by atoms with Crippen LogP contribution in [-0.2, 0) is 9.53 Å². The second kappa shape index (κ2) is 7.02. The first kappa shape index (κ1) is 16.9. The van der Waals surface area contributed by atoms with Crippen molar-refractivity contribution in [2.45, 2.75) is 13.8 Å². The van der Waals surface area contributed by atoms with Crippen LogP contribution in [0.5, 0.6) is 0 Å². The maximum absolute atomic E-state index is 13.2. The van der Waals surface area contributed by atoms with Crippen molar-refractivity contribution in [1.29, 1.82) is 0 Å². The molecule has 0 bridgehead atoms. The quantitative estimate of drug-likeness (QED) is 0.855. The van der Waals surface area contributed by atoms with E-state index in [1.165, 1.54) is 5.56 Å². The fraction of sp³-hybridized carbons (Fsp3) is 0.333. The van der Waals surface area contributed by atoms with E-state index in [1.807, 2.05) is 48.2 Å². The molecule has 0 atom stereocenters. The first-order valence-corrected chi connectivity index (χ1v) is 9.01. The molecule has 2 heterocycles. The number of amides is 1. The van der Waals surface area contributed by atoms with Gasteiger partial charge in [0.05, 0.1) is 31.3 Å². The first-order chi connectivity index (χ1) is 12.6. The molecule has 0 aromatic heterocycles. The smallest absolute Gasteiger partial charge is 0.278 e. The molecule has 134 valence electrons. The summed E-state index contributed by atoms with van der Waals surface area (Å²) in [6.45, 7) is 7.78. The first-order valence-electron chi connectivity index (χ1n) is 9.01. The Balaban J connectivity index is 1.70. The summed E-state index contributed by atoms with van der Waals surface area (Å²) in [6.07, 6.45) is 0. The summed E-state index contributed by atoms with van der Waals surface area (Å²) in [6, 6.07) is 14.0. The van der Waals surface area contributed by atoms with Crippen LogP contribution in [0.1, 0.15) is 16.7 Å². The highest BCUT2D eigenvalue weighted by molar-refractivity contribution is 6.54. The standard InChI is InChI=1S/C21H23N3O2/c1-15-7-8-18(16(2)13-15)22-20-17-5-3-4-6-19(17)24(21(20)25)14-23-9-11-26-12-10-23/h3-8,13H,9-12,14H2,1-2H3. The largest absolute Gasteiger partial charge is 0.379 e. The molecule has 0 radical (unpaired) electrons. The molecule has 0 aliphatic carbocycles. The van der Waals surface area contributed by atoms with Crippen LogP contribution in [0.4, 0.5) is 11.4 Å². The number of carbonyl (C=O) groups excluding carboxylic acids is 1. The zero-order valence-electron chi connectivity index (χ0n) is 15.2. The molecule has 2 aromatic rings. The molecule has 1 amide bonds. The van der Waals surface area contributed by atoms with E-state index in [2.05, 4.69) is 17.9 Å². The number of hydrogen-bond acceptors (Lipinski definition) is 4. The van der Waals surface area contributed by atoms with Crippen LogP contribution in [0.3, 0.4) is 0 Å². The Morgan fingerprint density at radius 2 is 1.85 bits per heavy atom. The predicted molar refractivity (Wildman–Crippen MR) is 103 cm³/mol. The summed E-state index contributed by atoms with van der Waals surface area (Å²) < 4.78 is 5.41. The molecule has 2 aliphatic rings. The number of fused-ring (bicyclic) bond motifs is 1. The molecule has 1 saturated heterocycles. The minimum absolute atomic E-state index is 0.0299. The normalized spacial score (nSPS) is 19.2. The number of carbonyl (C=O) groups is 1. The highest BCUT2D eigenvalue weighted by Crippen LogP contribution is 2.31. The summed E-state index contributed by atoms with van der Waals surface area (Å²) in [5.74, 6) is -0.0299. The van der Waals surface area contributed by atoms with Gasteiger partial charge in [0.2, 0.25) is 0 Å². The Hall–Kier alpha value is -2.50. The van der Waals surface area contributed by atoms with E-state index in [-0.39, 0.29) is 5.91 Å². The van der Waals surface area contributed by atoms with Gasteiger partial charge in [-0.2, -0.15) is 0 Å². The number of ether oxygens (including phenoxy) is 1. The van der Waals surface area contributed by atoms with Crippen molar-refractivity contribution < 1.29 is 9.53 Å². The van der Waals surface area contributed by atoms with Gasteiger partial charge in [-0.05, 0) is 31.5 Å². The Kier molecular flexibility index (Phi) is 4.57. The number of aryl methyl sites for hydroxylation is 2. The molecular formula is C21H23N3O2. The topological polar surface area (TPSA) is 45.1 Å². The van der Waals surface area contributed by atoms with Crippen LogP contribution >= 0.6 is 0 Å². The van der Waals surface area contributed by atoms with Crippen LogP contribution in [0.15, 0.2) is 47.5 Å². The highest BCUT2D eigenvalue weighted by atomic mass is 16.5. The van der Waals surface area contributed by atoms with E-state index in [0.29, 0.717) is 25.6 Å². The molecule has 0 unspecified atom stereocenters. The number of benzene rings is 2. The molecule has 0 saturated carbocycles. The minimum Gasteiger partial charge on any atom is -0.379 e. The number of para-hydroxylation sites is 1. The van der Waals surface area contributed by atoms with E-state index in [4.69, 9.17) is 9.73 Å². The lowest BCUT2D eigenvalue weighted by Gasteiger charge is -2.30. The second-order valence-corrected chi connectivity index (χ2v) is 6.87.